The molecular formula is C56H71BN4O24. The van der Waals surface area contributed by atoms with Crippen molar-refractivity contribution in [2.75, 3.05) is 86.0 Å². The number of esters is 5. The Morgan fingerprint density at radius 1 is 0.776 bits per heavy atom. The Morgan fingerprint density at radius 2 is 1.46 bits per heavy atom. The normalized spacial score (nSPS) is 17.9. The van der Waals surface area contributed by atoms with Gasteiger partial charge in [-0.25, -0.2) is 15.0 Å². The van der Waals surface area contributed by atoms with E-state index in [2.05, 4.69) is 22.6 Å². The van der Waals surface area contributed by atoms with Crippen LogP contribution in [0.2, 0.25) is 6.82 Å². The average Bonchev–Trinajstić information content (AvgIpc) is 2.42. The Hall–Kier alpha value is -8.32. The van der Waals surface area contributed by atoms with Crippen molar-refractivity contribution in [1.82, 2.24) is 15.6 Å². The highest BCUT2D eigenvalue weighted by atomic mass is 16.7. The molecule has 2 aliphatic rings. The maximum Gasteiger partial charge on any atom is 0.411 e. The van der Waals surface area contributed by atoms with Crippen LogP contribution in [0.5, 0.6) is 23.0 Å². The van der Waals surface area contributed by atoms with Gasteiger partial charge < -0.3 is 86.8 Å². The summed E-state index contributed by atoms with van der Waals surface area (Å²) in [4.78, 5) is 112. The second kappa shape index (κ2) is 34.5. The van der Waals surface area contributed by atoms with Crippen LogP contribution in [0.25, 0.3) is 5.57 Å². The number of nitrogens with one attached hydrogen (secondary N) is 3. The molecule has 29 heteroatoms. The van der Waals surface area contributed by atoms with E-state index in [0.717, 1.165) is 39.0 Å². The Balaban J connectivity index is 1.45. The summed E-state index contributed by atoms with van der Waals surface area (Å²) in [7, 11) is 3.02. The van der Waals surface area contributed by atoms with Gasteiger partial charge in [0.2, 0.25) is 12.4 Å². The lowest BCUT2D eigenvalue weighted by molar-refractivity contribution is -0.282. The zero-order chi connectivity index (χ0) is 62.0. The number of benzene rings is 3. The van der Waals surface area contributed by atoms with Crippen molar-refractivity contribution in [1.29, 1.82) is 0 Å². The lowest BCUT2D eigenvalue weighted by atomic mass is 9.92. The maximum atomic E-state index is 14.6. The lowest BCUT2D eigenvalue weighted by Gasteiger charge is -2.43. The van der Waals surface area contributed by atoms with E-state index in [4.69, 9.17) is 66.4 Å². The van der Waals surface area contributed by atoms with E-state index in [1.165, 1.54) is 62.4 Å². The van der Waals surface area contributed by atoms with Crippen LogP contribution >= 0.6 is 0 Å². The van der Waals surface area contributed by atoms with E-state index in [1.54, 1.807) is 18.3 Å². The highest BCUT2D eigenvalue weighted by Crippen LogP contribution is 2.38. The van der Waals surface area contributed by atoms with Gasteiger partial charge in [0.1, 0.15) is 24.7 Å². The van der Waals surface area contributed by atoms with Gasteiger partial charge in [-0.3, -0.25) is 34.1 Å². The van der Waals surface area contributed by atoms with E-state index in [1.807, 2.05) is 12.1 Å². The second-order valence-corrected chi connectivity index (χ2v) is 18.6. The Morgan fingerprint density at radius 3 is 2.11 bits per heavy atom. The largest absolute Gasteiger partial charge is 0.497 e. The standard InChI is InChI=1S/C56H71BN4O24/c1-9-19-78-47(66)11-10-20-77-46-29-43(41(28-45(46)73-7)53(68)61-30-38(27-39(61)31-62)37-13-15-40(72-6)16-14-37)59-56(70)79-32-36-12-17-44(42(26-36)52(67)58-18-21-75-22-23-76-24-25-80-60-57(5)71)84-55-51(83-35(4)65)49(82-34(3)64)48(81-33(2)63)50(85-55)54(69)74-8/h9,12-17,26,28-30,39,48-51,55,60,62,71H,1,10-11,18-25,27,31-32H2,2-8H3,(H,58,67)(H,59,70)/t39-,48-,49-,50-,51+,55+/m0/s1. The first-order valence-electron chi connectivity index (χ1n) is 26.7. The van der Waals surface area contributed by atoms with Crippen molar-refractivity contribution >= 4 is 66.1 Å². The average molecular weight is 1190 g/mol. The molecule has 462 valence electrons. The minimum absolute atomic E-state index is 0.00196. The zero-order valence-corrected chi connectivity index (χ0v) is 48.1. The van der Waals surface area contributed by atoms with E-state index >= 15 is 0 Å². The van der Waals surface area contributed by atoms with E-state index < -0.39 is 105 Å². The van der Waals surface area contributed by atoms with Crippen LogP contribution in [0.1, 0.15) is 71.9 Å². The molecule has 0 aliphatic carbocycles. The molecule has 0 aromatic heterocycles. The minimum atomic E-state index is -1.87. The summed E-state index contributed by atoms with van der Waals surface area (Å²) >= 11 is 0. The van der Waals surface area contributed by atoms with Crippen molar-refractivity contribution in [3.8, 4) is 23.0 Å². The molecular weight excluding hydrogens is 1120 g/mol. The fourth-order valence-corrected chi connectivity index (χ4v) is 8.40. The quantitative estimate of drug-likeness (QED) is 0.0146. The predicted molar refractivity (Wildman–Crippen MR) is 297 cm³/mol. The van der Waals surface area contributed by atoms with Crippen molar-refractivity contribution in [2.45, 2.75) is 90.2 Å². The molecule has 5 rings (SSSR count). The van der Waals surface area contributed by atoms with Crippen molar-refractivity contribution in [3.63, 3.8) is 0 Å². The molecule has 3 amide bonds. The van der Waals surface area contributed by atoms with Crippen LogP contribution in [0, 0.1) is 0 Å². The molecule has 0 bridgehead atoms. The van der Waals surface area contributed by atoms with Gasteiger partial charge >= 0.3 is 43.0 Å². The molecule has 2 aliphatic heterocycles. The number of rotatable bonds is 33. The van der Waals surface area contributed by atoms with Gasteiger partial charge in [-0.2, -0.15) is 0 Å². The number of aliphatic hydroxyl groups excluding tert-OH is 1. The number of amides is 3. The third-order valence-corrected chi connectivity index (χ3v) is 12.2. The topological polar surface area (TPSA) is 346 Å². The van der Waals surface area contributed by atoms with Crippen LogP contribution in [0.15, 0.2) is 73.5 Å². The maximum absolute atomic E-state index is 14.6. The van der Waals surface area contributed by atoms with Gasteiger partial charge in [-0.15, -0.1) is 0 Å². The summed E-state index contributed by atoms with van der Waals surface area (Å²) in [5.41, 5.74) is 1.22. The summed E-state index contributed by atoms with van der Waals surface area (Å²) in [6, 6.07) is 13.1. The number of methoxy groups -OCH3 is 3. The summed E-state index contributed by atoms with van der Waals surface area (Å²) in [6.45, 7) is 7.64. The molecule has 0 saturated carbocycles. The van der Waals surface area contributed by atoms with Crippen LogP contribution in [-0.2, 0) is 78.0 Å². The number of nitrogens with zero attached hydrogens (tertiary/aromatic N) is 1. The highest BCUT2D eigenvalue weighted by Gasteiger charge is 2.56. The number of hydrogen-bond donors (Lipinski definition) is 5. The SMILES string of the molecule is C=CCOC(=O)CCCOc1cc(NC(=O)OCc2ccc(O[C@@H]3O[C@H](C(=O)OC)[C@@H](OC(C)=O)[C@H](OC(C)=O)[C@H]3OC(C)=O)c(C(=O)NCCOCCOCCONB(C)O)c2)c(C(=O)N2C=C(c3ccc(OC)cc3)C[C@H]2CO)cc1OC. The fourth-order valence-electron chi connectivity index (χ4n) is 8.40. The Labute approximate surface area is 490 Å². The predicted octanol–water partition coefficient (Wildman–Crippen LogP) is 3.05. The van der Waals surface area contributed by atoms with E-state index in [9.17, 15) is 48.5 Å². The first-order chi connectivity index (χ1) is 40.8. The molecule has 0 radical (unpaired) electrons. The van der Waals surface area contributed by atoms with Gasteiger partial charge in [0.15, 0.2) is 29.8 Å². The zero-order valence-electron chi connectivity index (χ0n) is 48.1. The van der Waals surface area contributed by atoms with Crippen molar-refractivity contribution < 1.29 is 115 Å². The smallest absolute Gasteiger partial charge is 0.411 e. The monoisotopic (exact) mass is 1190 g/mol. The summed E-state index contributed by atoms with van der Waals surface area (Å²) in [5.74, 6) is -5.36. The van der Waals surface area contributed by atoms with Crippen molar-refractivity contribution in [3.05, 3.63) is 95.7 Å². The fraction of sp³-hybridized carbons (Fsp3) is 0.464. The summed E-state index contributed by atoms with van der Waals surface area (Å²) < 4.78 is 72.0. The molecule has 2 heterocycles. The molecule has 28 nitrogen and oxygen atoms in total. The lowest BCUT2D eigenvalue weighted by Crippen LogP contribution is -2.64. The molecule has 0 spiro atoms. The van der Waals surface area contributed by atoms with Gasteiger partial charge in [-0.1, -0.05) is 30.9 Å². The molecule has 5 N–H and O–H groups in total. The number of anilines is 1. The second-order valence-electron chi connectivity index (χ2n) is 18.6. The molecule has 6 atom stereocenters. The molecule has 1 fully saturated rings. The molecule has 85 heavy (non-hydrogen) atoms. The van der Waals surface area contributed by atoms with Gasteiger partial charge in [0.25, 0.3) is 11.8 Å². The van der Waals surface area contributed by atoms with E-state index in [0.29, 0.717) is 5.75 Å². The van der Waals surface area contributed by atoms with Gasteiger partial charge in [0, 0.05) is 46.0 Å². The Kier molecular flexibility index (Phi) is 27.4. The minimum Gasteiger partial charge on any atom is -0.497 e. The summed E-state index contributed by atoms with van der Waals surface area (Å²) in [6.07, 6.45) is -6.48. The van der Waals surface area contributed by atoms with E-state index in [-0.39, 0.29) is 112 Å². The first-order valence-corrected chi connectivity index (χ1v) is 26.7. The van der Waals surface area contributed by atoms with Crippen LogP contribution < -0.4 is 35.0 Å². The molecule has 0 unspecified atom stereocenters. The number of hydrogen-bond acceptors (Lipinski definition) is 25. The summed E-state index contributed by atoms with van der Waals surface area (Å²) in [5, 5.41) is 27.4. The number of aliphatic hydroxyl groups is 1. The van der Waals surface area contributed by atoms with Crippen LogP contribution in [0.4, 0.5) is 10.5 Å². The van der Waals surface area contributed by atoms with Crippen LogP contribution in [-0.4, -0.2) is 187 Å². The van der Waals surface area contributed by atoms with Crippen molar-refractivity contribution in [2.24, 2.45) is 0 Å². The number of carbonyl (C=O) groups is 8. The third-order valence-electron chi connectivity index (χ3n) is 12.2. The van der Waals surface area contributed by atoms with Gasteiger partial charge in [-0.05, 0) is 66.7 Å². The van der Waals surface area contributed by atoms with Crippen LogP contribution in [0.3, 0.4) is 0 Å². The number of ether oxygens (including phenoxy) is 13. The molecule has 3 aromatic rings. The number of carbonyl (C=O) groups excluding carboxylic acids is 8. The Bertz CT molecular complexity index is 2820. The highest BCUT2D eigenvalue weighted by molar-refractivity contribution is 6.44. The molecule has 3 aromatic carbocycles. The molecule has 1 saturated heterocycles. The first kappa shape index (κ1) is 67.5. The third kappa shape index (κ3) is 20.8. The van der Waals surface area contributed by atoms with Gasteiger partial charge in [0.05, 0.1) is 90.4 Å².